The van der Waals surface area contributed by atoms with Crippen LogP contribution in [0.4, 0.5) is 19.0 Å². The van der Waals surface area contributed by atoms with Crippen LogP contribution in [0.15, 0.2) is 24.8 Å². The van der Waals surface area contributed by atoms with E-state index >= 15 is 0 Å². The molecule has 3 atom stereocenters. The molecule has 3 rings (SSSR count). The minimum atomic E-state index is -4.47. The van der Waals surface area contributed by atoms with Gasteiger partial charge in [0, 0.05) is 25.5 Å². The lowest BCUT2D eigenvalue weighted by atomic mass is 10.0. The number of aromatic nitrogens is 4. The molecule has 0 aromatic carbocycles. The Morgan fingerprint density at radius 2 is 2.14 bits per heavy atom. The van der Waals surface area contributed by atoms with Gasteiger partial charge in [0.2, 0.25) is 0 Å². The fourth-order valence-electron chi connectivity index (χ4n) is 2.22. The van der Waals surface area contributed by atoms with Gasteiger partial charge in [0.05, 0.1) is 18.5 Å². The Hall–Kier alpha value is -2.77. The number of halogens is 3. The van der Waals surface area contributed by atoms with Crippen LogP contribution in [0.2, 0.25) is 0 Å². The molecule has 1 saturated heterocycles. The Morgan fingerprint density at radius 1 is 1.39 bits per heavy atom. The van der Waals surface area contributed by atoms with Gasteiger partial charge in [-0.2, -0.15) is 13.2 Å². The number of nitrogens with two attached hydrogens (primary N) is 1. The van der Waals surface area contributed by atoms with Gasteiger partial charge in [-0.15, -0.1) is 0 Å². The standard InChI is InChI=1S/C10H15N3O4.C5H4F3N3/c14-6-1-4-17-7(8(6)15)5-13-10(16)9-11-2-3-12-9;6-5(7,8)3-1-10-2-4(9)11-3/h2-3,6-8,14-15H,1,4-5H2,(H,11,12)(H,13,16);1-2H,(H2,9,11). The predicted octanol–water partition coefficient (Wildman–Crippen LogP) is -0.272. The second kappa shape index (κ2) is 9.43. The van der Waals surface area contributed by atoms with E-state index in [0.717, 1.165) is 6.20 Å². The fraction of sp³-hybridized carbons (Fsp3) is 0.467. The number of anilines is 1. The average Bonchev–Trinajstić information content (AvgIpc) is 3.17. The molecule has 3 unspecified atom stereocenters. The number of H-pyrrole nitrogens is 1. The highest BCUT2D eigenvalue weighted by Gasteiger charge is 2.33. The molecule has 0 radical (unpaired) electrons. The molecule has 0 bridgehead atoms. The molecule has 1 fully saturated rings. The van der Waals surface area contributed by atoms with E-state index in [4.69, 9.17) is 10.5 Å². The van der Waals surface area contributed by atoms with Crippen molar-refractivity contribution < 1.29 is 32.9 Å². The number of carbonyl (C=O) groups excluding carboxylic acids is 1. The van der Waals surface area contributed by atoms with Crippen molar-refractivity contribution >= 4 is 11.7 Å². The van der Waals surface area contributed by atoms with Crippen molar-refractivity contribution in [1.82, 2.24) is 25.3 Å². The van der Waals surface area contributed by atoms with Crippen LogP contribution < -0.4 is 11.1 Å². The highest BCUT2D eigenvalue weighted by molar-refractivity contribution is 5.90. The molecule has 0 spiro atoms. The maximum absolute atomic E-state index is 11.8. The Balaban J connectivity index is 0.000000221. The zero-order valence-corrected chi connectivity index (χ0v) is 14.4. The van der Waals surface area contributed by atoms with Crippen LogP contribution in [-0.4, -0.2) is 67.5 Å². The summed E-state index contributed by atoms with van der Waals surface area (Å²) in [6.45, 7) is 0.511. The molecule has 1 amide bonds. The molecular formula is C15H19F3N6O4. The van der Waals surface area contributed by atoms with Gasteiger partial charge < -0.3 is 31.0 Å². The van der Waals surface area contributed by atoms with Crippen molar-refractivity contribution in [2.75, 3.05) is 18.9 Å². The Bertz CT molecular complexity index is 758. The van der Waals surface area contributed by atoms with Crippen LogP contribution in [0, 0.1) is 0 Å². The molecule has 3 heterocycles. The minimum Gasteiger partial charge on any atom is -0.390 e. The zero-order valence-electron chi connectivity index (χ0n) is 14.4. The van der Waals surface area contributed by atoms with Gasteiger partial charge in [0.15, 0.2) is 11.5 Å². The molecular weight excluding hydrogens is 385 g/mol. The number of nitrogens with one attached hydrogen (secondary N) is 2. The summed E-state index contributed by atoms with van der Waals surface area (Å²) in [6, 6.07) is 0. The van der Waals surface area contributed by atoms with E-state index < -0.39 is 30.2 Å². The van der Waals surface area contributed by atoms with Crippen LogP contribution >= 0.6 is 0 Å². The number of hydrogen-bond donors (Lipinski definition) is 5. The average molecular weight is 404 g/mol. The van der Waals surface area contributed by atoms with Crippen molar-refractivity contribution in [2.45, 2.75) is 30.9 Å². The molecule has 10 nitrogen and oxygen atoms in total. The van der Waals surface area contributed by atoms with Crippen molar-refractivity contribution in [1.29, 1.82) is 0 Å². The third-order valence-electron chi connectivity index (χ3n) is 3.64. The normalized spacial score (nSPS) is 22.1. The highest BCUT2D eigenvalue weighted by Crippen LogP contribution is 2.26. The van der Waals surface area contributed by atoms with Gasteiger partial charge in [-0.05, 0) is 6.42 Å². The van der Waals surface area contributed by atoms with E-state index in [9.17, 15) is 28.2 Å². The Labute approximate surface area is 157 Å². The molecule has 6 N–H and O–H groups in total. The quantitative estimate of drug-likeness (QED) is 0.467. The van der Waals surface area contributed by atoms with Gasteiger partial charge in [0.1, 0.15) is 18.0 Å². The van der Waals surface area contributed by atoms with Crippen LogP contribution in [0.5, 0.6) is 0 Å². The highest BCUT2D eigenvalue weighted by atomic mass is 19.4. The summed E-state index contributed by atoms with van der Waals surface area (Å²) in [5.74, 6) is -0.401. The molecule has 28 heavy (non-hydrogen) atoms. The van der Waals surface area contributed by atoms with Crippen LogP contribution in [0.3, 0.4) is 0 Å². The van der Waals surface area contributed by atoms with Gasteiger partial charge in [0.25, 0.3) is 5.91 Å². The number of nitrogens with zero attached hydrogens (tertiary/aromatic N) is 3. The second-order valence-corrected chi connectivity index (χ2v) is 5.73. The maximum atomic E-state index is 11.8. The molecule has 13 heteroatoms. The summed E-state index contributed by atoms with van der Waals surface area (Å²) in [6.07, 6.45) is -1.72. The molecule has 0 saturated carbocycles. The second-order valence-electron chi connectivity index (χ2n) is 5.73. The van der Waals surface area contributed by atoms with Crippen molar-refractivity contribution in [3.8, 4) is 0 Å². The fourth-order valence-corrected chi connectivity index (χ4v) is 2.22. The number of aromatic amines is 1. The number of aliphatic hydroxyl groups is 2. The Morgan fingerprint density at radius 3 is 2.71 bits per heavy atom. The molecule has 1 aliphatic rings. The van der Waals surface area contributed by atoms with Gasteiger partial charge in [-0.25, -0.2) is 9.97 Å². The van der Waals surface area contributed by atoms with E-state index in [2.05, 4.69) is 25.3 Å². The van der Waals surface area contributed by atoms with E-state index in [-0.39, 0.29) is 24.1 Å². The van der Waals surface area contributed by atoms with Crippen molar-refractivity contribution in [2.24, 2.45) is 0 Å². The van der Waals surface area contributed by atoms with Crippen molar-refractivity contribution in [3.63, 3.8) is 0 Å². The van der Waals surface area contributed by atoms with E-state index in [0.29, 0.717) is 19.2 Å². The maximum Gasteiger partial charge on any atom is 0.434 e. The smallest absolute Gasteiger partial charge is 0.390 e. The summed E-state index contributed by atoms with van der Waals surface area (Å²) >= 11 is 0. The molecule has 2 aromatic rings. The predicted molar refractivity (Wildman–Crippen MR) is 88.7 cm³/mol. The largest absolute Gasteiger partial charge is 0.434 e. The molecule has 1 aliphatic heterocycles. The monoisotopic (exact) mass is 404 g/mol. The van der Waals surface area contributed by atoms with E-state index in [1.807, 2.05) is 0 Å². The molecule has 0 aliphatic carbocycles. The number of rotatable bonds is 3. The third-order valence-corrected chi connectivity index (χ3v) is 3.64. The number of nitrogen functional groups attached to an aromatic ring is 1. The summed E-state index contributed by atoms with van der Waals surface area (Å²) in [5.41, 5.74) is 3.91. The van der Waals surface area contributed by atoms with E-state index in [1.165, 1.54) is 6.20 Å². The Kier molecular flexibility index (Phi) is 7.25. The SMILES string of the molecule is Nc1cncc(C(F)(F)F)n1.O=C(NCC1OCCC(O)C1O)c1ncc[nH]1. The van der Waals surface area contributed by atoms with Crippen molar-refractivity contribution in [3.05, 3.63) is 36.3 Å². The third kappa shape index (κ3) is 6.14. The first-order chi connectivity index (χ1) is 13.2. The summed E-state index contributed by atoms with van der Waals surface area (Å²) in [4.78, 5) is 24.3. The lowest BCUT2D eigenvalue weighted by Gasteiger charge is -2.31. The lowest BCUT2D eigenvalue weighted by molar-refractivity contribution is -0.141. The number of aliphatic hydroxyl groups excluding tert-OH is 2. The van der Waals surface area contributed by atoms with E-state index in [1.54, 1.807) is 6.20 Å². The number of imidazole rings is 1. The summed E-state index contributed by atoms with van der Waals surface area (Å²) in [5, 5.41) is 21.6. The number of amides is 1. The van der Waals surface area contributed by atoms with Crippen LogP contribution in [0.25, 0.3) is 0 Å². The van der Waals surface area contributed by atoms with Gasteiger partial charge in [-0.1, -0.05) is 0 Å². The summed E-state index contributed by atoms with van der Waals surface area (Å²) in [7, 11) is 0. The zero-order chi connectivity index (χ0) is 20.7. The number of alkyl halides is 3. The summed E-state index contributed by atoms with van der Waals surface area (Å²) < 4.78 is 40.7. The van der Waals surface area contributed by atoms with Gasteiger partial charge in [-0.3, -0.25) is 9.78 Å². The lowest BCUT2D eigenvalue weighted by Crippen LogP contribution is -2.50. The van der Waals surface area contributed by atoms with Crippen LogP contribution in [-0.2, 0) is 10.9 Å². The number of ether oxygens (including phenoxy) is 1. The van der Waals surface area contributed by atoms with Crippen LogP contribution in [0.1, 0.15) is 22.7 Å². The first kappa shape index (κ1) is 21.5. The topological polar surface area (TPSA) is 159 Å². The minimum absolute atomic E-state index is 0.137. The first-order valence-electron chi connectivity index (χ1n) is 8.08. The number of hydrogen-bond acceptors (Lipinski definition) is 8. The van der Waals surface area contributed by atoms with Gasteiger partial charge >= 0.3 is 6.18 Å². The first-order valence-corrected chi connectivity index (χ1v) is 8.08. The number of carbonyl (C=O) groups is 1. The molecule has 2 aromatic heterocycles. The molecule has 154 valence electrons.